The molecule has 0 saturated heterocycles. The van der Waals surface area contributed by atoms with Crippen molar-refractivity contribution in [3.05, 3.63) is 77.6 Å². The second-order valence-corrected chi connectivity index (χ2v) is 7.23. The number of benzene rings is 2. The molecular formula is C17H17FN4O2S. The Kier molecular flexibility index (Phi) is 5.20. The van der Waals surface area contributed by atoms with E-state index in [1.54, 1.807) is 0 Å². The number of halogens is 1. The van der Waals surface area contributed by atoms with Crippen molar-refractivity contribution in [2.45, 2.75) is 17.7 Å². The quantitative estimate of drug-likeness (QED) is 0.675. The maximum Gasteiger partial charge on any atom is 0.240 e. The van der Waals surface area contributed by atoms with Gasteiger partial charge in [0.25, 0.3) is 0 Å². The molecule has 2 aromatic carbocycles. The Hall–Kier alpha value is -2.58. The number of aromatic nitrogens is 3. The smallest absolute Gasteiger partial charge is 0.240 e. The van der Waals surface area contributed by atoms with Gasteiger partial charge in [-0.15, -0.1) is 0 Å². The molecule has 2 N–H and O–H groups in total. The van der Waals surface area contributed by atoms with E-state index in [0.29, 0.717) is 24.5 Å². The number of nitrogens with zero attached hydrogens (tertiary/aromatic N) is 2. The minimum atomic E-state index is -3.75. The third kappa shape index (κ3) is 4.71. The summed E-state index contributed by atoms with van der Waals surface area (Å²) in [7, 11) is -3.75. The van der Waals surface area contributed by atoms with E-state index < -0.39 is 15.8 Å². The highest BCUT2D eigenvalue weighted by Crippen LogP contribution is 2.10. The highest BCUT2D eigenvalue weighted by Gasteiger charge is 2.14. The molecule has 1 aromatic heterocycles. The summed E-state index contributed by atoms with van der Waals surface area (Å²) >= 11 is 0. The van der Waals surface area contributed by atoms with Crippen LogP contribution in [0.5, 0.6) is 0 Å². The molecule has 6 nitrogen and oxygen atoms in total. The SMILES string of the molecule is O=S(=O)(NCCc1n[nH]c(Cc2ccccc2)n1)c1cccc(F)c1. The molecule has 0 atom stereocenters. The molecule has 0 spiro atoms. The summed E-state index contributed by atoms with van der Waals surface area (Å²) in [6.45, 7) is 0.126. The highest BCUT2D eigenvalue weighted by molar-refractivity contribution is 7.89. The van der Waals surface area contributed by atoms with E-state index in [1.165, 1.54) is 18.2 Å². The Labute approximate surface area is 145 Å². The molecule has 1 heterocycles. The lowest BCUT2D eigenvalue weighted by Crippen LogP contribution is -2.26. The lowest BCUT2D eigenvalue weighted by molar-refractivity contribution is 0.577. The molecule has 0 amide bonds. The number of sulfonamides is 1. The number of aromatic amines is 1. The molecule has 0 aliphatic heterocycles. The maximum atomic E-state index is 13.1. The molecule has 130 valence electrons. The number of rotatable bonds is 7. The van der Waals surface area contributed by atoms with Crippen molar-refractivity contribution in [3.63, 3.8) is 0 Å². The van der Waals surface area contributed by atoms with Gasteiger partial charge in [-0.1, -0.05) is 36.4 Å². The van der Waals surface area contributed by atoms with Gasteiger partial charge in [0.2, 0.25) is 10.0 Å². The van der Waals surface area contributed by atoms with Crippen LogP contribution in [-0.4, -0.2) is 30.1 Å². The average molecular weight is 360 g/mol. The van der Waals surface area contributed by atoms with Crippen molar-refractivity contribution in [2.24, 2.45) is 0 Å². The first kappa shape index (κ1) is 17.2. The molecular weight excluding hydrogens is 343 g/mol. The zero-order chi connectivity index (χ0) is 17.7. The zero-order valence-corrected chi connectivity index (χ0v) is 14.1. The molecule has 0 aliphatic rings. The Balaban J connectivity index is 1.56. The summed E-state index contributed by atoms with van der Waals surface area (Å²) in [6.07, 6.45) is 0.961. The van der Waals surface area contributed by atoms with Crippen molar-refractivity contribution < 1.29 is 12.8 Å². The fourth-order valence-electron chi connectivity index (χ4n) is 2.33. The van der Waals surface area contributed by atoms with Crippen LogP contribution in [0.15, 0.2) is 59.5 Å². The van der Waals surface area contributed by atoms with Crippen molar-refractivity contribution in [1.29, 1.82) is 0 Å². The molecule has 0 bridgehead atoms. The standard InChI is InChI=1S/C17H17FN4O2S/c18-14-7-4-8-15(12-14)25(23,24)19-10-9-16-20-17(22-21-16)11-13-5-2-1-3-6-13/h1-8,12,19H,9-11H2,(H,20,21,22). The van der Waals surface area contributed by atoms with Crippen molar-refractivity contribution in [1.82, 2.24) is 19.9 Å². The Morgan fingerprint density at radius 2 is 1.88 bits per heavy atom. The highest BCUT2D eigenvalue weighted by atomic mass is 32.2. The molecule has 8 heteroatoms. The van der Waals surface area contributed by atoms with Crippen molar-refractivity contribution in [3.8, 4) is 0 Å². The summed E-state index contributed by atoms with van der Waals surface area (Å²) in [5.74, 6) is 0.643. The maximum absolute atomic E-state index is 13.1. The fourth-order valence-corrected chi connectivity index (χ4v) is 3.39. The Bertz CT molecular complexity index is 942. The molecule has 0 aliphatic carbocycles. The van der Waals surface area contributed by atoms with Crippen molar-refractivity contribution >= 4 is 10.0 Å². The summed E-state index contributed by atoms with van der Waals surface area (Å²) < 4.78 is 39.8. The Morgan fingerprint density at radius 3 is 2.64 bits per heavy atom. The van der Waals surface area contributed by atoms with Gasteiger partial charge in [0, 0.05) is 19.4 Å². The lowest BCUT2D eigenvalue weighted by atomic mass is 10.1. The monoisotopic (exact) mass is 360 g/mol. The van der Waals surface area contributed by atoms with E-state index in [2.05, 4.69) is 19.9 Å². The summed E-state index contributed by atoms with van der Waals surface area (Å²) in [5.41, 5.74) is 1.11. The van der Waals surface area contributed by atoms with Gasteiger partial charge in [-0.05, 0) is 23.8 Å². The van der Waals surface area contributed by atoms with Gasteiger partial charge in [-0.25, -0.2) is 22.5 Å². The molecule has 0 radical (unpaired) electrons. The minimum Gasteiger partial charge on any atom is -0.263 e. The van der Waals surface area contributed by atoms with E-state index >= 15 is 0 Å². The predicted molar refractivity (Wildman–Crippen MR) is 90.9 cm³/mol. The molecule has 0 fully saturated rings. The molecule has 3 rings (SSSR count). The summed E-state index contributed by atoms with van der Waals surface area (Å²) in [5, 5.41) is 6.94. The van der Waals surface area contributed by atoms with Gasteiger partial charge in [-0.3, -0.25) is 5.10 Å². The third-order valence-corrected chi connectivity index (χ3v) is 5.00. The first-order chi connectivity index (χ1) is 12.0. The molecule has 0 unspecified atom stereocenters. The number of nitrogens with one attached hydrogen (secondary N) is 2. The second kappa shape index (κ2) is 7.54. The largest absolute Gasteiger partial charge is 0.263 e. The first-order valence-electron chi connectivity index (χ1n) is 7.72. The fraction of sp³-hybridized carbons (Fsp3) is 0.176. The van der Waals surface area contributed by atoms with Crippen LogP contribution in [0.1, 0.15) is 17.2 Å². The summed E-state index contributed by atoms with van der Waals surface area (Å²) in [4.78, 5) is 4.25. The average Bonchev–Trinajstić information content (AvgIpc) is 3.03. The van der Waals surface area contributed by atoms with E-state index in [-0.39, 0.29) is 11.4 Å². The van der Waals surface area contributed by atoms with E-state index in [1.807, 2.05) is 30.3 Å². The normalized spacial score (nSPS) is 11.6. The van der Waals surface area contributed by atoms with Crippen LogP contribution in [0.2, 0.25) is 0 Å². The predicted octanol–water partition coefficient (Wildman–Crippen LogP) is 2.06. The van der Waals surface area contributed by atoms with Crippen LogP contribution in [0.25, 0.3) is 0 Å². The van der Waals surface area contributed by atoms with Crippen LogP contribution in [0.4, 0.5) is 4.39 Å². The first-order valence-corrected chi connectivity index (χ1v) is 9.20. The van der Waals surface area contributed by atoms with Crippen LogP contribution >= 0.6 is 0 Å². The van der Waals surface area contributed by atoms with Crippen LogP contribution in [0, 0.1) is 5.82 Å². The van der Waals surface area contributed by atoms with Crippen LogP contribution in [0.3, 0.4) is 0 Å². The van der Waals surface area contributed by atoms with Gasteiger partial charge in [-0.2, -0.15) is 5.10 Å². The number of hydrogen-bond donors (Lipinski definition) is 2. The minimum absolute atomic E-state index is 0.104. The van der Waals surface area contributed by atoms with E-state index in [4.69, 9.17) is 0 Å². The van der Waals surface area contributed by atoms with Gasteiger partial charge >= 0.3 is 0 Å². The van der Waals surface area contributed by atoms with Crippen molar-refractivity contribution in [2.75, 3.05) is 6.54 Å². The third-order valence-electron chi connectivity index (χ3n) is 3.54. The topological polar surface area (TPSA) is 87.7 Å². The van der Waals surface area contributed by atoms with Gasteiger partial charge in [0.05, 0.1) is 4.90 Å². The zero-order valence-electron chi connectivity index (χ0n) is 13.3. The van der Waals surface area contributed by atoms with Crippen LogP contribution < -0.4 is 4.72 Å². The number of H-pyrrole nitrogens is 1. The number of hydrogen-bond acceptors (Lipinski definition) is 4. The van der Waals surface area contributed by atoms with Crippen LogP contribution in [-0.2, 0) is 22.9 Å². The second-order valence-electron chi connectivity index (χ2n) is 5.47. The molecule has 25 heavy (non-hydrogen) atoms. The van der Waals surface area contributed by atoms with E-state index in [9.17, 15) is 12.8 Å². The van der Waals surface area contributed by atoms with E-state index in [0.717, 1.165) is 11.6 Å². The lowest BCUT2D eigenvalue weighted by Gasteiger charge is -2.05. The Morgan fingerprint density at radius 1 is 1.08 bits per heavy atom. The molecule has 0 saturated carbocycles. The van der Waals surface area contributed by atoms with Gasteiger partial charge < -0.3 is 0 Å². The summed E-state index contributed by atoms with van der Waals surface area (Å²) in [6, 6.07) is 14.7. The van der Waals surface area contributed by atoms with Gasteiger partial charge in [0.15, 0.2) is 5.82 Å². The van der Waals surface area contributed by atoms with Gasteiger partial charge in [0.1, 0.15) is 11.6 Å². The molecule has 3 aromatic rings.